The lowest BCUT2D eigenvalue weighted by atomic mass is 9.93. The molecule has 4 N–H and O–H groups in total. The van der Waals surface area contributed by atoms with Gasteiger partial charge in [-0.15, -0.1) is 0 Å². The van der Waals surface area contributed by atoms with Crippen LogP contribution in [0.2, 0.25) is 0 Å². The highest BCUT2D eigenvalue weighted by Gasteiger charge is 2.32. The lowest BCUT2D eigenvalue weighted by Gasteiger charge is -2.25. The summed E-state index contributed by atoms with van der Waals surface area (Å²) < 4.78 is 1.96. The molecular formula is C39H44N8O4. The zero-order valence-corrected chi connectivity index (χ0v) is 28.9. The minimum Gasteiger partial charge on any atom is -0.392 e. The molecule has 2 aromatic carbocycles. The Hall–Kier alpha value is -4.91. The van der Waals surface area contributed by atoms with E-state index in [0.717, 1.165) is 78.0 Å². The molecule has 0 radical (unpaired) electrons. The fourth-order valence-corrected chi connectivity index (χ4v) is 8.06. The molecule has 2 saturated heterocycles. The van der Waals surface area contributed by atoms with Gasteiger partial charge in [-0.05, 0) is 91.1 Å². The van der Waals surface area contributed by atoms with Crippen molar-refractivity contribution in [2.45, 2.75) is 76.7 Å². The van der Waals surface area contributed by atoms with Gasteiger partial charge in [0.15, 0.2) is 5.69 Å². The lowest BCUT2D eigenvalue weighted by molar-refractivity contribution is -0.119. The molecule has 264 valence electrons. The summed E-state index contributed by atoms with van der Waals surface area (Å²) >= 11 is 0. The first-order valence-corrected chi connectivity index (χ1v) is 18.1. The average Bonchev–Trinajstić information content (AvgIpc) is 3.95. The summed E-state index contributed by atoms with van der Waals surface area (Å²) in [5.41, 5.74) is 8.48. The Morgan fingerprint density at radius 2 is 1.84 bits per heavy atom. The van der Waals surface area contributed by atoms with Gasteiger partial charge in [-0.1, -0.05) is 30.3 Å². The van der Waals surface area contributed by atoms with Crippen molar-refractivity contribution >= 4 is 29.1 Å². The second-order valence-electron chi connectivity index (χ2n) is 14.3. The van der Waals surface area contributed by atoms with Crippen molar-refractivity contribution < 1.29 is 19.5 Å². The number of pyridine rings is 1. The summed E-state index contributed by atoms with van der Waals surface area (Å²) in [7, 11) is 0. The maximum Gasteiger partial charge on any atom is 0.278 e. The van der Waals surface area contributed by atoms with E-state index in [4.69, 9.17) is 5.10 Å². The van der Waals surface area contributed by atoms with Gasteiger partial charge in [-0.25, -0.2) is 0 Å². The van der Waals surface area contributed by atoms with Gasteiger partial charge in [-0.3, -0.25) is 28.9 Å². The number of hydrogen-bond acceptors (Lipinski definition) is 8. The fraction of sp³-hybridized carbons (Fsp3) is 0.410. The highest BCUT2D eigenvalue weighted by Crippen LogP contribution is 2.39. The number of benzene rings is 2. The number of rotatable bonds is 9. The van der Waals surface area contributed by atoms with Crippen LogP contribution in [0.25, 0.3) is 11.1 Å². The van der Waals surface area contributed by atoms with Gasteiger partial charge < -0.3 is 26.0 Å². The third kappa shape index (κ3) is 6.78. The van der Waals surface area contributed by atoms with Crippen molar-refractivity contribution in [1.29, 1.82) is 0 Å². The van der Waals surface area contributed by atoms with E-state index in [1.165, 1.54) is 0 Å². The molecule has 0 spiro atoms. The first-order valence-electron chi connectivity index (χ1n) is 18.1. The zero-order valence-electron chi connectivity index (χ0n) is 28.9. The molecule has 6 heterocycles. The van der Waals surface area contributed by atoms with E-state index in [1.54, 1.807) is 12.3 Å². The number of aryl methyl sites for hydroxylation is 1. The molecule has 0 saturated carbocycles. The Labute approximate surface area is 297 Å². The van der Waals surface area contributed by atoms with Crippen LogP contribution < -0.4 is 20.9 Å². The van der Waals surface area contributed by atoms with Gasteiger partial charge in [0.05, 0.1) is 11.8 Å². The van der Waals surface area contributed by atoms with Crippen LogP contribution in [0.4, 0.5) is 11.4 Å². The summed E-state index contributed by atoms with van der Waals surface area (Å²) in [6.45, 7) is 6.26. The summed E-state index contributed by atoms with van der Waals surface area (Å²) in [6.07, 6.45) is 6.31. The average molecular weight is 689 g/mol. The van der Waals surface area contributed by atoms with Crippen LogP contribution in [-0.2, 0) is 24.3 Å². The summed E-state index contributed by atoms with van der Waals surface area (Å²) in [5.74, 6) is -0.277. The van der Waals surface area contributed by atoms with Gasteiger partial charge >= 0.3 is 0 Å². The molecule has 2 aromatic heterocycles. The Bertz CT molecular complexity index is 1970. The second kappa shape index (κ2) is 14.0. The number of aliphatic hydroxyl groups is 1. The normalized spacial score (nSPS) is 21.4. The molecule has 4 aliphatic rings. The van der Waals surface area contributed by atoms with E-state index in [-0.39, 0.29) is 35.9 Å². The Kier molecular flexibility index (Phi) is 9.13. The smallest absolute Gasteiger partial charge is 0.278 e. The Balaban J connectivity index is 0.966. The molecule has 4 aliphatic heterocycles. The lowest BCUT2D eigenvalue weighted by Crippen LogP contribution is -2.38. The molecule has 4 aromatic rings. The number of nitrogens with one attached hydrogen (secondary N) is 3. The molecule has 12 heteroatoms. The quantitative estimate of drug-likeness (QED) is 0.207. The van der Waals surface area contributed by atoms with E-state index in [9.17, 15) is 19.5 Å². The number of likely N-dealkylation sites (tertiary alicyclic amines) is 1. The molecule has 2 fully saturated rings. The summed E-state index contributed by atoms with van der Waals surface area (Å²) in [5, 5.41) is 24.3. The first kappa shape index (κ1) is 33.2. The molecule has 0 bridgehead atoms. The van der Waals surface area contributed by atoms with Crippen molar-refractivity contribution in [2.75, 3.05) is 36.4 Å². The minimum atomic E-state index is -0.279. The maximum absolute atomic E-state index is 14.0. The molecule has 1 unspecified atom stereocenters. The third-order valence-corrected chi connectivity index (χ3v) is 10.8. The van der Waals surface area contributed by atoms with Crippen LogP contribution in [0.5, 0.6) is 0 Å². The van der Waals surface area contributed by atoms with Gasteiger partial charge in [0, 0.05) is 75.3 Å². The minimum absolute atomic E-state index is 0.0873. The monoisotopic (exact) mass is 688 g/mol. The topological polar surface area (TPSA) is 145 Å². The number of aromatic nitrogens is 3. The molecule has 3 atom stereocenters. The maximum atomic E-state index is 14.0. The highest BCUT2D eigenvalue weighted by atomic mass is 16.3. The predicted octanol–water partition coefficient (Wildman–Crippen LogP) is 3.98. The van der Waals surface area contributed by atoms with E-state index >= 15 is 0 Å². The number of amides is 3. The van der Waals surface area contributed by atoms with Gasteiger partial charge in [0.25, 0.3) is 11.8 Å². The molecular weight excluding hydrogens is 644 g/mol. The molecule has 0 aliphatic carbocycles. The van der Waals surface area contributed by atoms with Crippen LogP contribution in [-0.4, -0.2) is 80.8 Å². The summed E-state index contributed by atoms with van der Waals surface area (Å²) in [4.78, 5) is 47.4. The second-order valence-corrected chi connectivity index (χ2v) is 14.3. The molecule has 51 heavy (non-hydrogen) atoms. The SMILES string of the molecule is Cc1c(NC(=O)c2ccc(CN3CC[C@@H](O)C3)cn2)cccc1-c1cccc2c1CCN2C(=O)c1cc2n(n1)CCCC2NC[C@@H]1CCC(=O)N1. The number of carbonyl (C=O) groups is 3. The number of nitrogens with zero attached hydrogens (tertiary/aromatic N) is 5. The van der Waals surface area contributed by atoms with E-state index in [2.05, 4.69) is 38.0 Å². The number of anilines is 2. The van der Waals surface area contributed by atoms with E-state index in [1.807, 2.05) is 52.9 Å². The fourth-order valence-electron chi connectivity index (χ4n) is 8.06. The van der Waals surface area contributed by atoms with Gasteiger partial charge in [0.1, 0.15) is 5.69 Å². The molecule has 12 nitrogen and oxygen atoms in total. The number of hydrogen-bond donors (Lipinski definition) is 4. The van der Waals surface area contributed by atoms with Crippen LogP contribution >= 0.6 is 0 Å². The Morgan fingerprint density at radius 3 is 2.63 bits per heavy atom. The van der Waals surface area contributed by atoms with Gasteiger partial charge in [0.2, 0.25) is 5.91 Å². The third-order valence-electron chi connectivity index (χ3n) is 10.8. The standard InChI is InChI=1S/C39H44N8O4/c1-24-28(5-2-7-31(24)43-38(50)33-12-10-25(20-40-33)22-45-17-14-27(48)23-45)29-6-3-9-35-30(29)15-18-46(35)39(51)34-19-36-32(8-4-16-47(36)44-34)41-21-26-11-13-37(49)42-26/h2-3,5-7,9-10,12,19-20,26-27,32,41,48H,4,8,11,13-18,21-23H2,1H3,(H,42,49)(H,43,50)/t26-,27+,32?/m0/s1. The van der Waals surface area contributed by atoms with Crippen LogP contribution in [0.15, 0.2) is 60.8 Å². The molecule has 8 rings (SSSR count). The van der Waals surface area contributed by atoms with Crippen molar-refractivity contribution in [1.82, 2.24) is 30.3 Å². The van der Waals surface area contributed by atoms with Crippen molar-refractivity contribution in [3.8, 4) is 11.1 Å². The predicted molar refractivity (Wildman–Crippen MR) is 193 cm³/mol. The highest BCUT2D eigenvalue weighted by molar-refractivity contribution is 6.07. The summed E-state index contributed by atoms with van der Waals surface area (Å²) in [6, 6.07) is 17.8. The first-order chi connectivity index (χ1) is 24.8. The Morgan fingerprint density at radius 1 is 0.980 bits per heavy atom. The number of carbonyl (C=O) groups excluding carboxylic acids is 3. The van der Waals surface area contributed by atoms with Crippen LogP contribution in [0.1, 0.15) is 81.5 Å². The van der Waals surface area contributed by atoms with E-state index in [0.29, 0.717) is 56.1 Å². The number of fused-ring (bicyclic) bond motifs is 2. The zero-order chi connectivity index (χ0) is 35.1. The largest absolute Gasteiger partial charge is 0.392 e. The van der Waals surface area contributed by atoms with Crippen LogP contribution in [0.3, 0.4) is 0 Å². The van der Waals surface area contributed by atoms with Crippen molar-refractivity contribution in [3.63, 3.8) is 0 Å². The number of aliphatic hydroxyl groups excluding tert-OH is 1. The number of β-amino-alcohol motifs (C(OH)–C–C–N with tert-alkyl or cyclic N) is 1. The van der Waals surface area contributed by atoms with Gasteiger partial charge in [-0.2, -0.15) is 5.10 Å². The van der Waals surface area contributed by atoms with Crippen molar-refractivity contribution in [3.05, 3.63) is 94.6 Å². The van der Waals surface area contributed by atoms with E-state index < -0.39 is 0 Å². The van der Waals surface area contributed by atoms with Crippen molar-refractivity contribution in [2.24, 2.45) is 0 Å². The van der Waals surface area contributed by atoms with Crippen LogP contribution in [0, 0.1) is 6.92 Å². The molecule has 3 amide bonds.